The van der Waals surface area contributed by atoms with E-state index in [1.54, 1.807) is 20.8 Å². The molecule has 1 aromatic heterocycles. The summed E-state index contributed by atoms with van der Waals surface area (Å²) in [5, 5.41) is 10.3. The molecule has 2 aromatic rings. The molecule has 0 fully saturated rings. The van der Waals surface area contributed by atoms with Gasteiger partial charge in [-0.2, -0.15) is 4.90 Å². The van der Waals surface area contributed by atoms with E-state index in [-0.39, 0.29) is 5.82 Å². The van der Waals surface area contributed by atoms with E-state index in [9.17, 15) is 19.1 Å². The summed E-state index contributed by atoms with van der Waals surface area (Å²) in [5.41, 5.74) is -0.853. The van der Waals surface area contributed by atoms with Gasteiger partial charge in [-0.25, -0.2) is 19.0 Å². The van der Waals surface area contributed by atoms with E-state index in [4.69, 9.17) is 4.74 Å². The molecule has 0 aliphatic heterocycles. The van der Waals surface area contributed by atoms with Crippen molar-refractivity contribution in [3.8, 4) is 0 Å². The maximum Gasteiger partial charge on any atom is 0.425 e. The lowest BCUT2D eigenvalue weighted by molar-refractivity contribution is 0.0581. The van der Waals surface area contributed by atoms with Crippen LogP contribution < -0.4 is 4.90 Å². The number of halogens is 1. The van der Waals surface area contributed by atoms with E-state index in [1.807, 2.05) is 0 Å². The second-order valence-corrected chi connectivity index (χ2v) is 5.63. The molecule has 0 aliphatic rings. The molecule has 0 spiro atoms. The van der Waals surface area contributed by atoms with Crippen LogP contribution in [0.25, 0.3) is 10.8 Å². The number of carbonyl (C=O) groups excluding carboxylic acids is 1. The molecule has 0 atom stereocenters. The van der Waals surface area contributed by atoms with Crippen LogP contribution in [0.2, 0.25) is 0 Å². The molecule has 2 rings (SSSR count). The third kappa shape index (κ3) is 3.49. The second kappa shape index (κ2) is 5.59. The monoisotopic (exact) mass is 306 g/mol. The van der Waals surface area contributed by atoms with Gasteiger partial charge in [-0.15, -0.1) is 0 Å². The van der Waals surface area contributed by atoms with Gasteiger partial charge in [0.1, 0.15) is 17.2 Å². The molecule has 0 saturated heterocycles. The zero-order valence-corrected chi connectivity index (χ0v) is 12.3. The first kappa shape index (κ1) is 15.7. The molecule has 0 saturated carbocycles. The zero-order chi connectivity index (χ0) is 16.5. The normalized spacial score (nSPS) is 11.3. The van der Waals surface area contributed by atoms with Gasteiger partial charge in [0, 0.05) is 11.6 Å². The number of nitrogens with zero attached hydrogens (tertiary/aromatic N) is 2. The van der Waals surface area contributed by atoms with Crippen molar-refractivity contribution in [1.29, 1.82) is 0 Å². The number of hydrogen-bond donors (Lipinski definition) is 1. The van der Waals surface area contributed by atoms with Crippen LogP contribution in [-0.2, 0) is 4.74 Å². The first-order valence-corrected chi connectivity index (χ1v) is 6.49. The quantitative estimate of drug-likeness (QED) is 0.867. The fraction of sp³-hybridized carbons (Fsp3) is 0.267. The molecule has 0 bridgehead atoms. The van der Waals surface area contributed by atoms with E-state index in [2.05, 4.69) is 4.98 Å². The van der Waals surface area contributed by atoms with Crippen LogP contribution in [0.3, 0.4) is 0 Å². The fourth-order valence-corrected chi connectivity index (χ4v) is 1.80. The first-order valence-electron chi connectivity index (χ1n) is 6.49. The SMILES string of the molecule is CC(C)(C)OC(=O)N(C(=O)O)c1cc2cc(F)ccc2cn1. The van der Waals surface area contributed by atoms with Gasteiger partial charge in [-0.05, 0) is 50.4 Å². The van der Waals surface area contributed by atoms with E-state index in [0.717, 1.165) is 0 Å². The van der Waals surface area contributed by atoms with E-state index in [1.165, 1.54) is 30.5 Å². The largest absolute Gasteiger partial charge is 0.464 e. The number of rotatable bonds is 1. The number of hydrogen-bond acceptors (Lipinski definition) is 4. The van der Waals surface area contributed by atoms with Gasteiger partial charge in [-0.1, -0.05) is 0 Å². The molecule has 0 radical (unpaired) electrons. The summed E-state index contributed by atoms with van der Waals surface area (Å²) in [6.45, 7) is 4.86. The van der Waals surface area contributed by atoms with Crippen LogP contribution in [-0.4, -0.2) is 27.9 Å². The van der Waals surface area contributed by atoms with Gasteiger partial charge in [-0.3, -0.25) is 0 Å². The maximum atomic E-state index is 13.3. The average Bonchev–Trinajstić information content (AvgIpc) is 2.35. The number of fused-ring (bicyclic) bond motifs is 1. The summed E-state index contributed by atoms with van der Waals surface area (Å²) in [5.74, 6) is -0.622. The number of imide groups is 1. The van der Waals surface area contributed by atoms with Crippen molar-refractivity contribution in [2.45, 2.75) is 26.4 Å². The van der Waals surface area contributed by atoms with Crippen LogP contribution in [0, 0.1) is 5.82 Å². The van der Waals surface area contributed by atoms with Crippen LogP contribution in [0.15, 0.2) is 30.5 Å². The molecule has 2 amide bonds. The summed E-state index contributed by atoms with van der Waals surface area (Å²) < 4.78 is 18.3. The zero-order valence-electron chi connectivity index (χ0n) is 12.3. The second-order valence-electron chi connectivity index (χ2n) is 5.63. The topological polar surface area (TPSA) is 79.7 Å². The van der Waals surface area contributed by atoms with Crippen molar-refractivity contribution in [3.05, 3.63) is 36.3 Å². The van der Waals surface area contributed by atoms with Crippen LogP contribution in [0.4, 0.5) is 19.8 Å². The molecule has 1 N–H and O–H groups in total. The molecule has 22 heavy (non-hydrogen) atoms. The highest BCUT2D eigenvalue weighted by atomic mass is 19.1. The van der Waals surface area contributed by atoms with Crippen LogP contribution in [0.5, 0.6) is 0 Å². The van der Waals surface area contributed by atoms with Crippen molar-refractivity contribution < 1.29 is 23.8 Å². The third-order valence-electron chi connectivity index (χ3n) is 2.67. The minimum atomic E-state index is -1.53. The molecule has 0 unspecified atom stereocenters. The van der Waals surface area contributed by atoms with Gasteiger partial charge in [0.15, 0.2) is 0 Å². The van der Waals surface area contributed by atoms with Gasteiger partial charge in [0.05, 0.1) is 0 Å². The first-order chi connectivity index (χ1) is 10.2. The maximum absolute atomic E-state index is 13.3. The summed E-state index contributed by atoms with van der Waals surface area (Å²) in [6.07, 6.45) is -1.23. The van der Waals surface area contributed by atoms with Crippen molar-refractivity contribution in [3.63, 3.8) is 0 Å². The van der Waals surface area contributed by atoms with Crippen molar-refractivity contribution in [2.75, 3.05) is 4.90 Å². The number of ether oxygens (including phenoxy) is 1. The van der Waals surface area contributed by atoms with Gasteiger partial charge in [0.25, 0.3) is 0 Å². The lowest BCUT2D eigenvalue weighted by Gasteiger charge is -2.23. The average molecular weight is 306 g/mol. The van der Waals surface area contributed by atoms with E-state index < -0.39 is 23.6 Å². The third-order valence-corrected chi connectivity index (χ3v) is 2.67. The molecule has 6 nitrogen and oxygen atoms in total. The number of carbonyl (C=O) groups is 2. The minimum Gasteiger partial charge on any atom is -0.464 e. The summed E-state index contributed by atoms with van der Waals surface area (Å²) in [4.78, 5) is 27.7. The summed E-state index contributed by atoms with van der Waals surface area (Å²) in [6, 6.07) is 5.33. The predicted molar refractivity (Wildman–Crippen MR) is 78.4 cm³/mol. The Balaban J connectivity index is 2.44. The highest BCUT2D eigenvalue weighted by Gasteiger charge is 2.29. The van der Waals surface area contributed by atoms with Gasteiger partial charge >= 0.3 is 12.2 Å². The van der Waals surface area contributed by atoms with Crippen molar-refractivity contribution in [2.24, 2.45) is 0 Å². The van der Waals surface area contributed by atoms with E-state index >= 15 is 0 Å². The highest BCUT2D eigenvalue weighted by molar-refractivity contribution is 6.08. The van der Waals surface area contributed by atoms with Crippen LogP contribution >= 0.6 is 0 Å². The Labute approximate surface area is 126 Å². The highest BCUT2D eigenvalue weighted by Crippen LogP contribution is 2.22. The Bertz CT molecular complexity index is 740. The molecule has 7 heteroatoms. The number of aromatic nitrogens is 1. The number of pyridine rings is 1. The lowest BCUT2D eigenvalue weighted by atomic mass is 10.1. The predicted octanol–water partition coefficient (Wildman–Crippen LogP) is 3.79. The molecule has 0 aliphatic carbocycles. The lowest BCUT2D eigenvalue weighted by Crippen LogP contribution is -2.40. The Morgan fingerprint density at radius 3 is 2.50 bits per heavy atom. The van der Waals surface area contributed by atoms with Gasteiger partial charge in [0.2, 0.25) is 0 Å². The number of benzene rings is 1. The van der Waals surface area contributed by atoms with Crippen LogP contribution in [0.1, 0.15) is 20.8 Å². The number of carboxylic acid groups (broad SMARTS) is 1. The molecule has 116 valence electrons. The van der Waals surface area contributed by atoms with Crippen molar-refractivity contribution >= 4 is 28.8 Å². The Hall–Kier alpha value is -2.70. The van der Waals surface area contributed by atoms with Gasteiger partial charge < -0.3 is 9.84 Å². The van der Waals surface area contributed by atoms with Crippen molar-refractivity contribution in [1.82, 2.24) is 4.98 Å². The molecular weight excluding hydrogens is 291 g/mol. The minimum absolute atomic E-state index is 0.153. The number of amides is 2. The Kier molecular flexibility index (Phi) is 3.99. The fourth-order valence-electron chi connectivity index (χ4n) is 1.80. The molecule has 1 aromatic carbocycles. The molecular formula is C15H15FN2O4. The van der Waals surface area contributed by atoms with E-state index in [0.29, 0.717) is 15.7 Å². The Morgan fingerprint density at radius 1 is 1.23 bits per heavy atom. The standard InChI is InChI=1S/C15H15FN2O4/c1-15(2,3)22-14(21)18(13(19)20)12-7-10-6-11(16)5-4-9(10)8-17-12/h4-8H,1-3H3,(H,19,20). The molecule has 1 heterocycles. The number of anilines is 1. The summed E-state index contributed by atoms with van der Waals surface area (Å²) >= 11 is 0. The smallest absolute Gasteiger partial charge is 0.425 e. The summed E-state index contributed by atoms with van der Waals surface area (Å²) in [7, 11) is 0. The Morgan fingerprint density at radius 2 is 1.91 bits per heavy atom.